The number of rotatable bonds is 6. The van der Waals surface area contributed by atoms with E-state index in [1.807, 2.05) is 47.7 Å². The third-order valence-electron chi connectivity index (χ3n) is 8.70. The molecule has 1 aromatic heterocycles. The Balaban J connectivity index is 0.000000274. The van der Waals surface area contributed by atoms with Crippen LogP contribution in [0, 0.1) is 37.7 Å². The fourth-order valence-corrected chi connectivity index (χ4v) is 5.04. The molecule has 0 fully saturated rings. The molecular formula is C39H44IrNO2-. The first-order chi connectivity index (χ1) is 19.8. The minimum absolute atomic E-state index is 0. The number of hydrogen-bond acceptors (Lipinski definition) is 3. The predicted octanol–water partition coefficient (Wildman–Crippen LogP) is 10.8. The molecule has 1 heterocycles. The van der Waals surface area contributed by atoms with E-state index in [1.54, 1.807) is 0 Å². The number of benzene rings is 4. The summed E-state index contributed by atoms with van der Waals surface area (Å²) in [5, 5.41) is 17.4. The van der Waals surface area contributed by atoms with Gasteiger partial charge in [0.15, 0.2) is 5.78 Å². The fraction of sp³-hybridized carbons (Fsp3) is 0.333. The number of aliphatic hydroxyl groups excluding tert-OH is 1. The minimum atomic E-state index is -0.377. The van der Waals surface area contributed by atoms with E-state index in [2.05, 4.69) is 87.5 Å². The van der Waals surface area contributed by atoms with Gasteiger partial charge in [-0.15, -0.1) is 34.9 Å². The van der Waals surface area contributed by atoms with Gasteiger partial charge < -0.3 is 10.1 Å². The summed E-state index contributed by atoms with van der Waals surface area (Å²) >= 11 is 0. The van der Waals surface area contributed by atoms with Crippen LogP contribution in [-0.2, 0) is 24.9 Å². The van der Waals surface area contributed by atoms with Crippen LogP contribution in [-0.4, -0.2) is 15.9 Å². The Morgan fingerprint density at radius 1 is 0.791 bits per heavy atom. The Hall–Kier alpha value is -3.33. The van der Waals surface area contributed by atoms with Gasteiger partial charge in [0.25, 0.3) is 0 Å². The van der Waals surface area contributed by atoms with E-state index in [4.69, 9.17) is 4.98 Å². The number of aryl methyl sites for hydroxylation is 3. The molecule has 4 aromatic carbocycles. The van der Waals surface area contributed by atoms with Gasteiger partial charge >= 0.3 is 0 Å². The Bertz CT molecular complexity index is 1790. The number of allylic oxidation sites excluding steroid dienone is 2. The molecule has 3 nitrogen and oxygen atoms in total. The molecule has 5 aromatic rings. The average molecular weight is 751 g/mol. The van der Waals surface area contributed by atoms with Crippen molar-refractivity contribution in [1.29, 1.82) is 0 Å². The monoisotopic (exact) mass is 751 g/mol. The van der Waals surface area contributed by atoms with Crippen molar-refractivity contribution < 1.29 is 30.0 Å². The summed E-state index contributed by atoms with van der Waals surface area (Å²) in [6.07, 6.45) is 4.89. The maximum absolute atomic E-state index is 11.8. The zero-order valence-corrected chi connectivity index (χ0v) is 29.4. The minimum Gasteiger partial charge on any atom is -0.512 e. The standard InChI is InChI=1S/C26H20N.C13H24O2.Ir/c1-16-4-7-22-20(13-16)6-9-24-23(22)8-5-19-10-11-27-26(25(19)24)21-14-17(2)12-18(3)15-21;1-7-12(3,4)10(14)9-11(15)13(5,6)8-2;/h4-14H,1-3H3;9,14H,7-8H2,1-6H3;/q-1;;/b;10-9-;. The second-order valence-corrected chi connectivity index (χ2v) is 12.8. The van der Waals surface area contributed by atoms with Crippen molar-refractivity contribution in [3.8, 4) is 11.3 Å². The SMILES string of the molecule is CCC(C)(C)C(=O)/C=C(\O)C(C)(C)CC.Cc1[c-]c(-c2nccc3ccc4c5ccc(C)cc5ccc4c23)cc(C)c1.[Ir]. The Kier molecular flexibility index (Phi) is 10.8. The van der Waals surface area contributed by atoms with Gasteiger partial charge in [0.1, 0.15) is 5.76 Å². The van der Waals surface area contributed by atoms with Crippen LogP contribution in [0.5, 0.6) is 0 Å². The molecule has 0 aliphatic rings. The molecule has 0 unspecified atom stereocenters. The van der Waals surface area contributed by atoms with Crippen LogP contribution in [0.15, 0.2) is 78.7 Å². The smallest absolute Gasteiger partial charge is 0.164 e. The fourth-order valence-electron chi connectivity index (χ4n) is 5.04. The van der Waals surface area contributed by atoms with E-state index in [1.165, 1.54) is 49.5 Å². The number of pyridine rings is 1. The summed E-state index contributed by atoms with van der Waals surface area (Å²) in [6.45, 7) is 18.0. The van der Waals surface area contributed by atoms with Crippen LogP contribution in [0.2, 0.25) is 0 Å². The number of ketones is 1. The van der Waals surface area contributed by atoms with E-state index in [-0.39, 0.29) is 42.5 Å². The van der Waals surface area contributed by atoms with Crippen LogP contribution in [0.1, 0.15) is 71.1 Å². The molecule has 43 heavy (non-hydrogen) atoms. The summed E-state index contributed by atoms with van der Waals surface area (Å²) in [7, 11) is 0. The van der Waals surface area contributed by atoms with Gasteiger partial charge in [0, 0.05) is 43.2 Å². The number of aliphatic hydroxyl groups is 1. The molecule has 5 rings (SSSR count). The normalized spacial score (nSPS) is 12.2. The second-order valence-electron chi connectivity index (χ2n) is 12.8. The predicted molar refractivity (Wildman–Crippen MR) is 179 cm³/mol. The van der Waals surface area contributed by atoms with Crippen LogP contribution in [0.3, 0.4) is 0 Å². The zero-order chi connectivity index (χ0) is 30.8. The second kappa shape index (κ2) is 13.5. The van der Waals surface area contributed by atoms with Gasteiger partial charge in [-0.2, -0.15) is 0 Å². The first-order valence-electron chi connectivity index (χ1n) is 14.9. The number of hydrogen-bond donors (Lipinski definition) is 1. The molecule has 0 aliphatic heterocycles. The molecule has 0 saturated carbocycles. The largest absolute Gasteiger partial charge is 0.512 e. The van der Waals surface area contributed by atoms with Gasteiger partial charge in [-0.3, -0.25) is 4.79 Å². The van der Waals surface area contributed by atoms with Crippen molar-refractivity contribution in [2.45, 2.75) is 75.2 Å². The van der Waals surface area contributed by atoms with E-state index < -0.39 is 0 Å². The van der Waals surface area contributed by atoms with Crippen LogP contribution in [0.4, 0.5) is 0 Å². The van der Waals surface area contributed by atoms with E-state index >= 15 is 0 Å². The summed E-state index contributed by atoms with van der Waals surface area (Å²) < 4.78 is 0. The maximum atomic E-state index is 11.8. The third-order valence-corrected chi connectivity index (χ3v) is 8.70. The quantitative estimate of drug-likeness (QED) is 0.0814. The summed E-state index contributed by atoms with van der Waals surface area (Å²) in [6, 6.07) is 25.5. The number of fused-ring (bicyclic) bond motifs is 5. The van der Waals surface area contributed by atoms with Crippen molar-refractivity contribution in [1.82, 2.24) is 4.98 Å². The third kappa shape index (κ3) is 7.43. The molecule has 0 saturated heterocycles. The van der Waals surface area contributed by atoms with E-state index in [0.717, 1.165) is 29.7 Å². The van der Waals surface area contributed by atoms with Crippen LogP contribution in [0.25, 0.3) is 43.6 Å². The first kappa shape index (κ1) is 34.2. The molecule has 0 atom stereocenters. The summed E-state index contributed by atoms with van der Waals surface area (Å²) in [4.78, 5) is 16.6. The molecule has 1 N–H and O–H groups in total. The summed E-state index contributed by atoms with van der Waals surface area (Å²) in [5.74, 6) is 0.195. The van der Waals surface area contributed by atoms with Gasteiger partial charge in [-0.05, 0) is 63.8 Å². The van der Waals surface area contributed by atoms with Crippen molar-refractivity contribution >= 4 is 38.1 Å². The number of aromatic nitrogens is 1. The number of nitrogens with zero attached hydrogens (tertiary/aromatic N) is 1. The van der Waals surface area contributed by atoms with Crippen LogP contribution >= 0.6 is 0 Å². The molecule has 0 spiro atoms. The topological polar surface area (TPSA) is 50.2 Å². The number of carbonyl (C=O) groups is 1. The van der Waals surface area contributed by atoms with Gasteiger partial charge in [-0.25, -0.2) is 0 Å². The molecule has 0 bridgehead atoms. The summed E-state index contributed by atoms with van der Waals surface area (Å²) in [5.41, 5.74) is 5.06. The Labute approximate surface area is 270 Å². The average Bonchev–Trinajstić information content (AvgIpc) is 2.95. The van der Waals surface area contributed by atoms with E-state index in [0.29, 0.717) is 0 Å². The van der Waals surface area contributed by atoms with Gasteiger partial charge in [0.2, 0.25) is 0 Å². The molecule has 0 aliphatic carbocycles. The molecule has 4 heteroatoms. The molecule has 227 valence electrons. The zero-order valence-electron chi connectivity index (χ0n) is 27.0. The van der Waals surface area contributed by atoms with E-state index in [9.17, 15) is 9.90 Å². The van der Waals surface area contributed by atoms with Crippen molar-refractivity contribution in [2.75, 3.05) is 0 Å². The first-order valence-corrected chi connectivity index (χ1v) is 14.9. The number of carbonyl (C=O) groups excluding carboxylic acids is 1. The molecule has 1 radical (unpaired) electrons. The Morgan fingerprint density at radius 3 is 2.07 bits per heavy atom. The van der Waals surface area contributed by atoms with Crippen LogP contribution < -0.4 is 0 Å². The van der Waals surface area contributed by atoms with Gasteiger partial charge in [-0.1, -0.05) is 103 Å². The molecular weight excluding hydrogens is 707 g/mol. The maximum Gasteiger partial charge on any atom is 0.164 e. The van der Waals surface area contributed by atoms with Crippen molar-refractivity contribution in [2.24, 2.45) is 10.8 Å². The van der Waals surface area contributed by atoms with Crippen molar-refractivity contribution in [3.05, 3.63) is 101 Å². The van der Waals surface area contributed by atoms with Gasteiger partial charge in [0.05, 0.1) is 0 Å². The Morgan fingerprint density at radius 2 is 1.42 bits per heavy atom. The molecule has 0 amide bonds. The van der Waals surface area contributed by atoms with Crippen molar-refractivity contribution in [3.63, 3.8) is 0 Å².